The van der Waals surface area contributed by atoms with Crippen molar-refractivity contribution < 1.29 is 33.4 Å². The summed E-state index contributed by atoms with van der Waals surface area (Å²) < 4.78 is 14.7. The highest BCUT2D eigenvalue weighted by molar-refractivity contribution is 6.17. The highest BCUT2D eigenvalue weighted by atomic mass is 35.5. The van der Waals surface area contributed by atoms with E-state index in [9.17, 15) is 19.2 Å². The molecule has 0 aromatic rings. The van der Waals surface area contributed by atoms with Gasteiger partial charge in [0.15, 0.2) is 6.07 Å². The first-order chi connectivity index (χ1) is 11.6. The summed E-state index contributed by atoms with van der Waals surface area (Å²) in [6.45, 7) is 4.74. The van der Waals surface area contributed by atoms with Crippen molar-refractivity contribution in [2.45, 2.75) is 45.3 Å². The summed E-state index contributed by atoms with van der Waals surface area (Å²) in [5.41, 5.74) is -0.602. The number of nitrogens with zero attached hydrogens (tertiary/aromatic N) is 1. The minimum absolute atomic E-state index is 0.136. The molecular formula is C15H23ClN2O7. The molecule has 1 saturated heterocycles. The smallest absolute Gasteiger partial charge is 0.418 e. The van der Waals surface area contributed by atoms with Crippen LogP contribution in [0, 0.1) is 0 Å². The molecule has 142 valence electrons. The van der Waals surface area contributed by atoms with Crippen LogP contribution in [0.15, 0.2) is 0 Å². The molecule has 1 aliphatic rings. The van der Waals surface area contributed by atoms with Gasteiger partial charge in [0.1, 0.15) is 12.2 Å². The van der Waals surface area contributed by atoms with E-state index in [0.29, 0.717) is 6.42 Å². The lowest BCUT2D eigenvalue weighted by Gasteiger charge is -2.21. The van der Waals surface area contributed by atoms with E-state index >= 15 is 0 Å². The molecule has 1 N–H and O–H groups in total. The number of hydrogen-bond donors (Lipinski definition) is 1. The van der Waals surface area contributed by atoms with Gasteiger partial charge in [-0.2, -0.15) is 0 Å². The van der Waals surface area contributed by atoms with Crippen LogP contribution in [0.3, 0.4) is 0 Å². The van der Waals surface area contributed by atoms with E-state index in [1.54, 1.807) is 20.8 Å². The average molecular weight is 379 g/mol. The number of amides is 2. The third kappa shape index (κ3) is 7.70. The Kier molecular flexibility index (Phi) is 8.11. The molecule has 0 aromatic heterocycles. The molecule has 0 radical (unpaired) electrons. The molecule has 25 heavy (non-hydrogen) atoms. The first-order valence-corrected chi connectivity index (χ1v) is 8.30. The molecular weight excluding hydrogens is 356 g/mol. The highest BCUT2D eigenvalue weighted by Gasteiger charge is 2.37. The van der Waals surface area contributed by atoms with Gasteiger partial charge in [0.25, 0.3) is 0 Å². The van der Waals surface area contributed by atoms with Crippen LogP contribution in [0.25, 0.3) is 0 Å². The number of ether oxygens (including phenoxy) is 3. The summed E-state index contributed by atoms with van der Waals surface area (Å²) in [5.74, 6) is -1.51. The SMILES string of the molecule is CC(C)(C)OC(=O)CNCC(=O)OC[C@@H]1CCC(=O)N1C(=O)OCCl. The van der Waals surface area contributed by atoms with E-state index in [4.69, 9.17) is 21.1 Å². The van der Waals surface area contributed by atoms with Gasteiger partial charge in [-0.1, -0.05) is 11.6 Å². The van der Waals surface area contributed by atoms with Gasteiger partial charge in [-0.3, -0.25) is 19.7 Å². The molecule has 1 rings (SSSR count). The van der Waals surface area contributed by atoms with Crippen LogP contribution in [-0.2, 0) is 28.6 Å². The summed E-state index contributed by atoms with van der Waals surface area (Å²) >= 11 is 5.31. The van der Waals surface area contributed by atoms with Crippen molar-refractivity contribution >= 4 is 35.5 Å². The molecule has 2 amide bonds. The van der Waals surface area contributed by atoms with E-state index in [-0.39, 0.29) is 32.2 Å². The Hall–Kier alpha value is -1.87. The molecule has 1 aliphatic heterocycles. The molecule has 0 spiro atoms. The van der Waals surface area contributed by atoms with E-state index in [1.165, 1.54) is 0 Å². The Morgan fingerprint density at radius 1 is 1.20 bits per heavy atom. The number of nitrogens with one attached hydrogen (secondary N) is 1. The number of esters is 2. The second kappa shape index (κ2) is 9.57. The maximum atomic E-state index is 11.7. The summed E-state index contributed by atoms with van der Waals surface area (Å²) in [6, 6.07) is -0.956. The van der Waals surface area contributed by atoms with Gasteiger partial charge in [0.2, 0.25) is 5.91 Å². The predicted octanol–water partition coefficient (Wildman–Crippen LogP) is 0.785. The van der Waals surface area contributed by atoms with Gasteiger partial charge in [-0.05, 0) is 27.2 Å². The van der Waals surface area contributed by atoms with Crippen LogP contribution in [0.2, 0.25) is 0 Å². The highest BCUT2D eigenvalue weighted by Crippen LogP contribution is 2.20. The van der Waals surface area contributed by atoms with Crippen molar-refractivity contribution in [2.24, 2.45) is 0 Å². The lowest BCUT2D eigenvalue weighted by molar-refractivity contribution is -0.153. The Balaban J connectivity index is 2.32. The number of hydrogen-bond acceptors (Lipinski definition) is 8. The van der Waals surface area contributed by atoms with Crippen LogP contribution < -0.4 is 5.32 Å². The summed E-state index contributed by atoms with van der Waals surface area (Å²) in [4.78, 5) is 47.4. The number of carbonyl (C=O) groups excluding carboxylic acids is 4. The Morgan fingerprint density at radius 3 is 2.44 bits per heavy atom. The average Bonchev–Trinajstić information content (AvgIpc) is 2.84. The van der Waals surface area contributed by atoms with Gasteiger partial charge in [-0.15, -0.1) is 0 Å². The molecule has 0 aromatic carbocycles. The van der Waals surface area contributed by atoms with Crippen LogP contribution in [0.4, 0.5) is 4.79 Å². The maximum absolute atomic E-state index is 11.7. The lowest BCUT2D eigenvalue weighted by atomic mass is 10.2. The molecule has 10 heteroatoms. The minimum atomic E-state index is -0.860. The number of alkyl halides is 1. The predicted molar refractivity (Wildman–Crippen MR) is 86.7 cm³/mol. The number of likely N-dealkylation sites (tertiary alicyclic amines) is 1. The molecule has 1 heterocycles. The normalized spacial score (nSPS) is 17.4. The number of halogens is 1. The second-order valence-corrected chi connectivity index (χ2v) is 6.57. The van der Waals surface area contributed by atoms with Crippen molar-refractivity contribution in [2.75, 3.05) is 25.8 Å². The van der Waals surface area contributed by atoms with E-state index in [1.807, 2.05) is 0 Å². The van der Waals surface area contributed by atoms with Gasteiger partial charge < -0.3 is 14.2 Å². The fourth-order valence-electron chi connectivity index (χ4n) is 2.15. The quantitative estimate of drug-likeness (QED) is 0.393. The van der Waals surface area contributed by atoms with Crippen LogP contribution in [0.5, 0.6) is 0 Å². The first-order valence-electron chi connectivity index (χ1n) is 7.77. The lowest BCUT2D eigenvalue weighted by Crippen LogP contribution is -2.42. The Bertz CT molecular complexity index is 518. The molecule has 0 unspecified atom stereocenters. The fourth-order valence-corrected chi connectivity index (χ4v) is 2.25. The largest absolute Gasteiger partial charge is 0.463 e. The van der Waals surface area contributed by atoms with Gasteiger partial charge >= 0.3 is 18.0 Å². The zero-order valence-corrected chi connectivity index (χ0v) is 15.3. The molecule has 9 nitrogen and oxygen atoms in total. The molecule has 0 bridgehead atoms. The van der Waals surface area contributed by atoms with Crippen molar-refractivity contribution in [3.63, 3.8) is 0 Å². The molecule has 1 fully saturated rings. The monoisotopic (exact) mass is 378 g/mol. The zero-order valence-electron chi connectivity index (χ0n) is 14.5. The molecule has 1 atom stereocenters. The molecule has 0 saturated carbocycles. The number of imide groups is 1. The van der Waals surface area contributed by atoms with Crippen LogP contribution in [0.1, 0.15) is 33.6 Å². The Labute approximate surface area is 150 Å². The number of carbonyl (C=O) groups is 4. The fraction of sp³-hybridized carbons (Fsp3) is 0.733. The van der Waals surface area contributed by atoms with Crippen molar-refractivity contribution in [1.82, 2.24) is 10.2 Å². The van der Waals surface area contributed by atoms with Crippen LogP contribution >= 0.6 is 11.6 Å². The van der Waals surface area contributed by atoms with E-state index in [2.05, 4.69) is 10.1 Å². The number of rotatable bonds is 7. The van der Waals surface area contributed by atoms with Crippen molar-refractivity contribution in [3.05, 3.63) is 0 Å². The van der Waals surface area contributed by atoms with Crippen LogP contribution in [-0.4, -0.2) is 66.2 Å². The summed E-state index contributed by atoms with van der Waals surface area (Å²) in [7, 11) is 0. The molecule has 0 aliphatic carbocycles. The van der Waals surface area contributed by atoms with Crippen molar-refractivity contribution in [1.29, 1.82) is 0 Å². The van der Waals surface area contributed by atoms with Crippen molar-refractivity contribution in [3.8, 4) is 0 Å². The third-order valence-electron chi connectivity index (χ3n) is 3.10. The Morgan fingerprint density at radius 2 is 1.84 bits per heavy atom. The second-order valence-electron chi connectivity index (χ2n) is 6.35. The van der Waals surface area contributed by atoms with E-state index in [0.717, 1.165) is 4.90 Å². The third-order valence-corrected chi connectivity index (χ3v) is 3.20. The topological polar surface area (TPSA) is 111 Å². The zero-order chi connectivity index (χ0) is 19.0. The summed E-state index contributed by atoms with van der Waals surface area (Å²) in [6.07, 6.45) is -0.327. The van der Waals surface area contributed by atoms with Gasteiger partial charge in [-0.25, -0.2) is 9.69 Å². The van der Waals surface area contributed by atoms with Gasteiger partial charge in [0, 0.05) is 6.42 Å². The standard InChI is InChI=1S/C15H23ClN2O7/c1-15(2,3)25-13(21)7-17-6-12(20)23-8-10-4-5-11(19)18(10)14(22)24-9-16/h10,17H,4-9H2,1-3H3/t10-/m0/s1. The first kappa shape index (κ1) is 21.2. The summed E-state index contributed by atoms with van der Waals surface area (Å²) in [5, 5.41) is 2.61. The van der Waals surface area contributed by atoms with Gasteiger partial charge in [0.05, 0.1) is 19.1 Å². The maximum Gasteiger partial charge on any atom is 0.418 e. The minimum Gasteiger partial charge on any atom is -0.463 e. The van der Waals surface area contributed by atoms with E-state index < -0.39 is 35.6 Å².